The fraction of sp³-hybridized carbons (Fsp3) is 0.318. The zero-order valence-corrected chi connectivity index (χ0v) is 20.1. The first-order valence-corrected chi connectivity index (χ1v) is 13.4. The van der Waals surface area contributed by atoms with Crippen molar-refractivity contribution in [3.05, 3.63) is 77.2 Å². The monoisotopic (exact) mass is 531 g/mol. The Morgan fingerprint density at radius 1 is 1.00 bits per heavy atom. The van der Waals surface area contributed by atoms with E-state index in [2.05, 4.69) is 16.6 Å². The lowest BCUT2D eigenvalue weighted by molar-refractivity contribution is -0.137. The molecule has 2 N–H and O–H groups in total. The van der Waals surface area contributed by atoms with Gasteiger partial charge in [-0.1, -0.05) is 30.8 Å². The molecular formula is C22H24F3N3O5S2. The van der Waals surface area contributed by atoms with Crippen molar-refractivity contribution >= 4 is 26.0 Å². The first-order valence-electron chi connectivity index (χ1n) is 10.4. The molecule has 0 radical (unpaired) electrons. The highest BCUT2D eigenvalue weighted by molar-refractivity contribution is 7.92. The number of benzene rings is 2. The van der Waals surface area contributed by atoms with Crippen LogP contribution in [0.15, 0.2) is 65.4 Å². The average Bonchev–Trinajstić information content (AvgIpc) is 2.76. The van der Waals surface area contributed by atoms with Crippen LogP contribution in [0.1, 0.15) is 16.7 Å². The van der Waals surface area contributed by atoms with Gasteiger partial charge in [0.15, 0.2) is 0 Å². The average molecular weight is 532 g/mol. The van der Waals surface area contributed by atoms with Gasteiger partial charge in [0.1, 0.15) is 0 Å². The Balaban J connectivity index is 1.48. The number of hydrogen-bond acceptors (Lipinski definition) is 5. The van der Waals surface area contributed by atoms with Crippen molar-refractivity contribution in [3.8, 4) is 0 Å². The molecule has 3 rings (SSSR count). The maximum atomic E-state index is 12.7. The first kappa shape index (κ1) is 26.9. The van der Waals surface area contributed by atoms with Crippen LogP contribution in [0.4, 0.5) is 13.2 Å². The second-order valence-electron chi connectivity index (χ2n) is 8.04. The highest BCUT2D eigenvalue weighted by Crippen LogP contribution is 2.29. The van der Waals surface area contributed by atoms with Gasteiger partial charge >= 0.3 is 6.18 Å². The van der Waals surface area contributed by atoms with Gasteiger partial charge in [0.25, 0.3) is 0 Å². The molecule has 1 heterocycles. The minimum absolute atomic E-state index is 0.0316. The highest BCUT2D eigenvalue weighted by Gasteiger charge is 2.37. The number of alkyl halides is 3. The van der Waals surface area contributed by atoms with Crippen LogP contribution in [-0.4, -0.2) is 46.7 Å². The van der Waals surface area contributed by atoms with E-state index in [9.17, 15) is 34.8 Å². The Labute approximate surface area is 201 Å². The van der Waals surface area contributed by atoms with Crippen LogP contribution in [0.25, 0.3) is 0 Å². The van der Waals surface area contributed by atoms with Crippen molar-refractivity contribution in [2.24, 2.45) is 5.92 Å². The summed E-state index contributed by atoms with van der Waals surface area (Å²) in [6.45, 7) is 3.71. The lowest BCUT2D eigenvalue weighted by atomic mass is 10.0. The molecule has 0 saturated carbocycles. The van der Waals surface area contributed by atoms with E-state index in [1.165, 1.54) is 40.7 Å². The van der Waals surface area contributed by atoms with E-state index >= 15 is 0 Å². The summed E-state index contributed by atoms with van der Waals surface area (Å²) in [5, 5.41) is 3.41. The Kier molecular flexibility index (Phi) is 8.04. The minimum atomic E-state index is -4.43. The summed E-state index contributed by atoms with van der Waals surface area (Å²) in [5.41, 5.74) is 0.306. The highest BCUT2D eigenvalue weighted by atomic mass is 32.2. The van der Waals surface area contributed by atoms with Crippen LogP contribution in [0.3, 0.4) is 0 Å². The first-order chi connectivity index (χ1) is 16.3. The summed E-state index contributed by atoms with van der Waals surface area (Å²) < 4.78 is 89.6. The van der Waals surface area contributed by atoms with E-state index in [1.807, 2.05) is 0 Å². The molecule has 0 unspecified atom stereocenters. The molecule has 8 nitrogen and oxygen atoms in total. The zero-order chi connectivity index (χ0) is 25.9. The third-order valence-corrected chi connectivity index (χ3v) is 8.27. The van der Waals surface area contributed by atoms with Gasteiger partial charge in [0, 0.05) is 37.5 Å². The lowest BCUT2D eigenvalue weighted by Gasteiger charge is -2.38. The fourth-order valence-electron chi connectivity index (χ4n) is 3.33. The van der Waals surface area contributed by atoms with E-state index in [0.29, 0.717) is 11.1 Å². The van der Waals surface area contributed by atoms with Crippen LogP contribution in [0.2, 0.25) is 0 Å². The molecule has 1 aliphatic rings. The fourth-order valence-corrected chi connectivity index (χ4v) is 5.51. The molecule has 0 aliphatic carbocycles. The van der Waals surface area contributed by atoms with Crippen LogP contribution >= 0.6 is 0 Å². The molecule has 2 aromatic rings. The van der Waals surface area contributed by atoms with Crippen LogP contribution < -0.4 is 10.0 Å². The standard InChI is InChI=1S/C22H24F3N3O5S2/c1-2-34(30,31)27-13-18-14-28(15-18)35(32,33)20-9-5-16(6-10-20)11-21(29)26-12-17-3-7-19(8-4-17)22(23,24)25/h2-10,18,27H,1,11-15H2,(H,26,29). The summed E-state index contributed by atoms with van der Waals surface area (Å²) in [7, 11) is -7.31. The quantitative estimate of drug-likeness (QED) is 0.489. The van der Waals surface area contributed by atoms with E-state index in [1.54, 1.807) is 0 Å². The van der Waals surface area contributed by atoms with E-state index in [-0.39, 0.29) is 49.3 Å². The third kappa shape index (κ3) is 7.13. The van der Waals surface area contributed by atoms with Crippen molar-refractivity contribution in [3.63, 3.8) is 0 Å². The van der Waals surface area contributed by atoms with Crippen molar-refractivity contribution in [2.45, 2.75) is 24.0 Å². The Bertz CT molecular complexity index is 1270. The summed E-state index contributed by atoms with van der Waals surface area (Å²) >= 11 is 0. The number of carbonyl (C=O) groups is 1. The summed E-state index contributed by atoms with van der Waals surface area (Å²) in [4.78, 5) is 12.2. The predicted molar refractivity (Wildman–Crippen MR) is 123 cm³/mol. The van der Waals surface area contributed by atoms with E-state index in [0.717, 1.165) is 17.5 Å². The molecule has 0 atom stereocenters. The number of sulfonamides is 2. The van der Waals surface area contributed by atoms with Crippen molar-refractivity contribution < 1.29 is 34.8 Å². The summed E-state index contributed by atoms with van der Waals surface area (Å²) in [6, 6.07) is 10.3. The molecule has 1 saturated heterocycles. The third-order valence-electron chi connectivity index (χ3n) is 5.41. The number of hydrogen-bond donors (Lipinski definition) is 2. The van der Waals surface area contributed by atoms with Gasteiger partial charge in [0.05, 0.1) is 16.9 Å². The minimum Gasteiger partial charge on any atom is -0.352 e. The Morgan fingerprint density at radius 2 is 1.57 bits per heavy atom. The maximum Gasteiger partial charge on any atom is 0.416 e. The number of nitrogens with one attached hydrogen (secondary N) is 2. The topological polar surface area (TPSA) is 113 Å². The Morgan fingerprint density at radius 3 is 2.11 bits per heavy atom. The van der Waals surface area contributed by atoms with Gasteiger partial charge in [-0.15, -0.1) is 0 Å². The second kappa shape index (κ2) is 10.5. The SMILES string of the molecule is C=CS(=O)(=O)NCC1CN(S(=O)(=O)c2ccc(CC(=O)NCc3ccc(C(F)(F)F)cc3)cc2)C1. The molecule has 0 spiro atoms. The van der Waals surface area contributed by atoms with Gasteiger partial charge in [-0.3, -0.25) is 4.79 Å². The molecule has 0 bridgehead atoms. The second-order valence-corrected chi connectivity index (χ2v) is 11.7. The van der Waals surface area contributed by atoms with Gasteiger partial charge in [-0.25, -0.2) is 21.6 Å². The van der Waals surface area contributed by atoms with E-state index < -0.39 is 31.8 Å². The molecule has 2 aromatic carbocycles. The molecule has 190 valence electrons. The number of amides is 1. The molecule has 1 fully saturated rings. The van der Waals surface area contributed by atoms with Crippen LogP contribution in [0.5, 0.6) is 0 Å². The van der Waals surface area contributed by atoms with Crippen molar-refractivity contribution in [1.29, 1.82) is 0 Å². The zero-order valence-electron chi connectivity index (χ0n) is 18.5. The Hall–Kier alpha value is -2.74. The van der Waals surface area contributed by atoms with Crippen molar-refractivity contribution in [1.82, 2.24) is 14.3 Å². The molecule has 1 aliphatic heterocycles. The molecule has 13 heteroatoms. The van der Waals surface area contributed by atoms with E-state index in [4.69, 9.17) is 0 Å². The molecule has 35 heavy (non-hydrogen) atoms. The molecule has 0 aromatic heterocycles. The lowest BCUT2D eigenvalue weighted by Crippen LogP contribution is -2.53. The smallest absolute Gasteiger partial charge is 0.352 e. The molecule has 1 amide bonds. The van der Waals surface area contributed by atoms with Crippen LogP contribution in [-0.2, 0) is 44.0 Å². The number of rotatable bonds is 10. The number of carbonyl (C=O) groups excluding carboxylic acids is 1. The maximum absolute atomic E-state index is 12.7. The largest absolute Gasteiger partial charge is 0.416 e. The summed E-state index contributed by atoms with van der Waals surface area (Å²) in [5.74, 6) is -0.514. The molecular weight excluding hydrogens is 507 g/mol. The van der Waals surface area contributed by atoms with Gasteiger partial charge < -0.3 is 5.32 Å². The van der Waals surface area contributed by atoms with Gasteiger partial charge in [-0.2, -0.15) is 17.5 Å². The van der Waals surface area contributed by atoms with Crippen LogP contribution in [0, 0.1) is 5.92 Å². The number of halogens is 3. The normalized spacial score (nSPS) is 15.4. The van der Waals surface area contributed by atoms with Gasteiger partial charge in [0.2, 0.25) is 26.0 Å². The summed E-state index contributed by atoms with van der Waals surface area (Å²) in [6.07, 6.45) is -4.46. The van der Waals surface area contributed by atoms with Crippen molar-refractivity contribution in [2.75, 3.05) is 19.6 Å². The number of nitrogens with zero attached hydrogens (tertiary/aromatic N) is 1. The van der Waals surface area contributed by atoms with Gasteiger partial charge in [-0.05, 0) is 35.4 Å². The predicted octanol–water partition coefficient (Wildman–Crippen LogP) is 2.25.